The van der Waals surface area contributed by atoms with E-state index in [1.807, 2.05) is 30.3 Å². The highest BCUT2D eigenvalue weighted by Gasteiger charge is 2.38. The monoisotopic (exact) mass is 375 g/mol. The summed E-state index contributed by atoms with van der Waals surface area (Å²) in [5, 5.41) is 5.22. The van der Waals surface area contributed by atoms with Crippen molar-refractivity contribution in [3.63, 3.8) is 0 Å². The largest absolute Gasteiger partial charge is 0.466 e. The Morgan fingerprint density at radius 3 is 2.67 bits per heavy atom. The van der Waals surface area contributed by atoms with Crippen molar-refractivity contribution in [1.29, 1.82) is 0 Å². The fourth-order valence-corrected chi connectivity index (χ4v) is 2.77. The molecule has 27 heavy (non-hydrogen) atoms. The summed E-state index contributed by atoms with van der Waals surface area (Å²) >= 11 is 0. The van der Waals surface area contributed by atoms with Gasteiger partial charge in [-0.3, -0.25) is 19.3 Å². The summed E-state index contributed by atoms with van der Waals surface area (Å²) < 4.78 is 4.79. The lowest BCUT2D eigenvalue weighted by Crippen LogP contribution is -2.41. The first-order valence-corrected chi connectivity index (χ1v) is 9.09. The van der Waals surface area contributed by atoms with Gasteiger partial charge in [0.25, 0.3) is 5.91 Å². The van der Waals surface area contributed by atoms with Gasteiger partial charge in [-0.2, -0.15) is 0 Å². The molecule has 8 nitrogen and oxygen atoms in total. The second-order valence-corrected chi connectivity index (χ2v) is 6.21. The minimum Gasteiger partial charge on any atom is -0.466 e. The van der Waals surface area contributed by atoms with E-state index in [0.29, 0.717) is 25.9 Å². The second kappa shape index (κ2) is 10.3. The van der Waals surface area contributed by atoms with Crippen molar-refractivity contribution < 1.29 is 23.9 Å². The molecule has 0 aliphatic carbocycles. The molecule has 8 heteroatoms. The zero-order chi connectivity index (χ0) is 19.6. The van der Waals surface area contributed by atoms with Crippen LogP contribution in [0.25, 0.3) is 0 Å². The molecule has 0 spiro atoms. The smallest absolute Gasteiger partial charge is 0.325 e. The van der Waals surface area contributed by atoms with E-state index in [1.165, 1.54) is 0 Å². The maximum Gasteiger partial charge on any atom is 0.325 e. The number of benzene rings is 1. The number of hydrogen-bond donors (Lipinski definition) is 2. The average Bonchev–Trinajstić information content (AvgIpc) is 2.92. The Labute approximate surface area is 158 Å². The molecule has 1 heterocycles. The number of aryl methyl sites for hydroxylation is 1. The van der Waals surface area contributed by atoms with Crippen molar-refractivity contribution in [2.45, 2.75) is 38.6 Å². The van der Waals surface area contributed by atoms with Crippen molar-refractivity contribution in [1.82, 2.24) is 15.5 Å². The Kier molecular flexibility index (Phi) is 7.79. The first kappa shape index (κ1) is 20.4. The number of carbonyl (C=O) groups is 4. The average molecular weight is 375 g/mol. The maximum absolute atomic E-state index is 12.4. The van der Waals surface area contributed by atoms with Crippen LogP contribution in [0.5, 0.6) is 0 Å². The Bertz CT molecular complexity index is 677. The van der Waals surface area contributed by atoms with Gasteiger partial charge in [0, 0.05) is 13.0 Å². The van der Waals surface area contributed by atoms with Crippen LogP contribution in [-0.4, -0.2) is 54.5 Å². The van der Waals surface area contributed by atoms with Crippen LogP contribution in [-0.2, 0) is 25.5 Å². The molecule has 0 bridgehead atoms. The van der Waals surface area contributed by atoms with Gasteiger partial charge in [0.15, 0.2) is 0 Å². The number of hydrogen-bond acceptors (Lipinski definition) is 5. The number of esters is 1. The number of nitrogens with zero attached hydrogens (tertiary/aromatic N) is 1. The summed E-state index contributed by atoms with van der Waals surface area (Å²) in [5.74, 6) is -1.15. The van der Waals surface area contributed by atoms with Crippen LogP contribution in [0.4, 0.5) is 4.79 Å². The molecule has 1 aliphatic rings. The van der Waals surface area contributed by atoms with Gasteiger partial charge >= 0.3 is 12.0 Å². The number of ether oxygens (including phenoxy) is 1. The minimum atomic E-state index is -0.616. The predicted octanol–water partition coefficient (Wildman–Crippen LogP) is 0.999. The summed E-state index contributed by atoms with van der Waals surface area (Å²) in [4.78, 5) is 48.4. The molecule has 0 unspecified atom stereocenters. The Hall–Kier alpha value is -2.90. The highest BCUT2D eigenvalue weighted by atomic mass is 16.5. The number of nitrogens with one attached hydrogen (secondary N) is 2. The highest BCUT2D eigenvalue weighted by Crippen LogP contribution is 2.12. The summed E-state index contributed by atoms with van der Waals surface area (Å²) in [6.45, 7) is 2.00. The lowest BCUT2D eigenvalue weighted by atomic mass is 10.1. The quantitative estimate of drug-likeness (QED) is 0.361. The molecule has 1 atom stereocenters. The molecular weight excluding hydrogens is 350 g/mol. The van der Waals surface area contributed by atoms with Crippen LogP contribution in [0, 0.1) is 0 Å². The van der Waals surface area contributed by atoms with E-state index in [9.17, 15) is 19.2 Å². The van der Waals surface area contributed by atoms with Gasteiger partial charge in [-0.05, 0) is 31.7 Å². The van der Waals surface area contributed by atoms with E-state index in [1.54, 1.807) is 6.92 Å². The number of rotatable bonds is 10. The van der Waals surface area contributed by atoms with Crippen molar-refractivity contribution >= 4 is 23.8 Å². The molecule has 4 amide bonds. The van der Waals surface area contributed by atoms with E-state index < -0.39 is 23.9 Å². The summed E-state index contributed by atoms with van der Waals surface area (Å²) in [6, 6.07) is 8.50. The van der Waals surface area contributed by atoms with Gasteiger partial charge in [-0.15, -0.1) is 0 Å². The third-order valence-corrected chi connectivity index (χ3v) is 4.16. The Morgan fingerprint density at radius 1 is 1.22 bits per heavy atom. The SMILES string of the molecule is CCOC(=O)CCCNC(=O)CN1C(=O)N[C@@H](CCc2ccccc2)C1=O. The zero-order valence-electron chi connectivity index (χ0n) is 15.4. The second-order valence-electron chi connectivity index (χ2n) is 6.21. The molecule has 1 saturated heterocycles. The molecule has 0 aromatic heterocycles. The van der Waals surface area contributed by atoms with Crippen LogP contribution in [0.1, 0.15) is 31.7 Å². The van der Waals surface area contributed by atoms with Crippen LogP contribution in [0.15, 0.2) is 30.3 Å². The number of amides is 4. The van der Waals surface area contributed by atoms with E-state index >= 15 is 0 Å². The first-order valence-electron chi connectivity index (χ1n) is 9.09. The predicted molar refractivity (Wildman–Crippen MR) is 97.7 cm³/mol. The number of carbonyl (C=O) groups excluding carboxylic acids is 4. The highest BCUT2D eigenvalue weighted by molar-refractivity contribution is 6.06. The molecule has 2 rings (SSSR count). The molecule has 1 aliphatic heterocycles. The molecule has 1 fully saturated rings. The van der Waals surface area contributed by atoms with Gasteiger partial charge < -0.3 is 15.4 Å². The first-order chi connectivity index (χ1) is 13.0. The maximum atomic E-state index is 12.4. The minimum absolute atomic E-state index is 0.207. The molecule has 0 saturated carbocycles. The van der Waals surface area contributed by atoms with Crippen molar-refractivity contribution in [2.24, 2.45) is 0 Å². The third kappa shape index (κ3) is 6.40. The number of imide groups is 1. The molecule has 1 aromatic carbocycles. The summed E-state index contributed by atoms with van der Waals surface area (Å²) in [7, 11) is 0. The summed E-state index contributed by atoms with van der Waals surface area (Å²) in [5.41, 5.74) is 1.08. The number of urea groups is 1. The van der Waals surface area contributed by atoms with Crippen molar-refractivity contribution in [2.75, 3.05) is 19.7 Å². The fraction of sp³-hybridized carbons (Fsp3) is 0.474. The van der Waals surface area contributed by atoms with Gasteiger partial charge in [0.05, 0.1) is 6.61 Å². The normalized spacial score (nSPS) is 16.2. The molecule has 1 aromatic rings. The van der Waals surface area contributed by atoms with Crippen molar-refractivity contribution in [3.05, 3.63) is 35.9 Å². The van der Waals surface area contributed by atoms with Crippen LogP contribution >= 0.6 is 0 Å². The van der Waals surface area contributed by atoms with Gasteiger partial charge in [0.1, 0.15) is 12.6 Å². The Balaban J connectivity index is 1.72. The standard InChI is InChI=1S/C19H25N3O5/c1-2-27-17(24)9-6-12-20-16(23)13-22-18(25)15(21-19(22)26)11-10-14-7-4-3-5-8-14/h3-5,7-8,15H,2,6,9-13H2,1H3,(H,20,23)(H,21,26)/t15-/m0/s1. The van der Waals surface area contributed by atoms with Gasteiger partial charge in [-0.1, -0.05) is 30.3 Å². The Morgan fingerprint density at radius 2 is 1.96 bits per heavy atom. The van der Waals surface area contributed by atoms with Crippen molar-refractivity contribution in [3.8, 4) is 0 Å². The molecule has 0 radical (unpaired) electrons. The molecule has 2 N–H and O–H groups in total. The third-order valence-electron chi connectivity index (χ3n) is 4.16. The van der Waals surface area contributed by atoms with E-state index in [2.05, 4.69) is 10.6 Å². The molecular formula is C19H25N3O5. The zero-order valence-corrected chi connectivity index (χ0v) is 15.4. The van der Waals surface area contributed by atoms with Gasteiger partial charge in [0.2, 0.25) is 5.91 Å². The van der Waals surface area contributed by atoms with Crippen LogP contribution in [0.2, 0.25) is 0 Å². The van der Waals surface area contributed by atoms with Crippen LogP contribution < -0.4 is 10.6 Å². The van der Waals surface area contributed by atoms with E-state index in [4.69, 9.17) is 4.74 Å². The lowest BCUT2D eigenvalue weighted by molar-refractivity contribution is -0.143. The van der Waals surface area contributed by atoms with E-state index in [-0.39, 0.29) is 25.5 Å². The van der Waals surface area contributed by atoms with Crippen LogP contribution in [0.3, 0.4) is 0 Å². The topological polar surface area (TPSA) is 105 Å². The van der Waals surface area contributed by atoms with Gasteiger partial charge in [-0.25, -0.2) is 4.79 Å². The van der Waals surface area contributed by atoms with E-state index in [0.717, 1.165) is 10.5 Å². The fourth-order valence-electron chi connectivity index (χ4n) is 2.77. The summed E-state index contributed by atoms with van der Waals surface area (Å²) in [6.07, 6.45) is 1.78. The lowest BCUT2D eigenvalue weighted by Gasteiger charge is -2.13. The molecule has 146 valence electrons.